The fraction of sp³-hybridized carbons (Fsp3) is 0.216. The molecule has 1 N–H and O–H groups in total. The Morgan fingerprint density at radius 1 is 1.00 bits per heavy atom. The Morgan fingerprint density at radius 2 is 1.74 bits per heavy atom. The van der Waals surface area contributed by atoms with Gasteiger partial charge < -0.3 is 19.4 Å². The quantitative estimate of drug-likeness (QED) is 0.120. The number of nitrogens with zero attached hydrogens (tertiary/aromatic N) is 6. The van der Waals surface area contributed by atoms with E-state index in [-0.39, 0.29) is 22.8 Å². The zero-order valence-electron chi connectivity index (χ0n) is 26.1. The summed E-state index contributed by atoms with van der Waals surface area (Å²) < 4.78 is 7.03. The van der Waals surface area contributed by atoms with Crippen molar-refractivity contribution in [2.75, 3.05) is 45.2 Å². The van der Waals surface area contributed by atoms with Crippen LogP contribution in [-0.4, -0.2) is 50.7 Å². The van der Waals surface area contributed by atoms with Crippen molar-refractivity contribution in [2.45, 2.75) is 13.3 Å². The molecule has 0 fully saturated rings. The van der Waals surface area contributed by atoms with Gasteiger partial charge in [0.25, 0.3) is 5.70 Å². The highest BCUT2D eigenvalue weighted by Crippen LogP contribution is 2.42. The average Bonchev–Trinajstić information content (AvgIpc) is 3.41. The van der Waals surface area contributed by atoms with Crippen molar-refractivity contribution < 1.29 is 14.0 Å². The van der Waals surface area contributed by atoms with Crippen molar-refractivity contribution in [3.63, 3.8) is 0 Å². The van der Waals surface area contributed by atoms with E-state index in [1.807, 2.05) is 36.4 Å². The van der Waals surface area contributed by atoms with Crippen LogP contribution in [0, 0.1) is 40.6 Å². The largest absolute Gasteiger partial charge is 0.439 e. The Morgan fingerprint density at radius 3 is 2.37 bits per heavy atom. The van der Waals surface area contributed by atoms with Crippen LogP contribution in [0.4, 0.5) is 5.69 Å². The number of allylic oxidation sites excluding steroid dienone is 5. The maximum Gasteiger partial charge on any atom is 0.270 e. The van der Waals surface area contributed by atoms with Gasteiger partial charge in [0, 0.05) is 31.5 Å². The first-order chi connectivity index (χ1) is 22.2. The molecule has 228 valence electrons. The molecule has 9 nitrogen and oxygen atoms in total. The van der Waals surface area contributed by atoms with E-state index in [2.05, 4.69) is 59.5 Å². The van der Waals surface area contributed by atoms with Gasteiger partial charge in [0.2, 0.25) is 11.8 Å². The average molecular weight is 609 g/mol. The highest BCUT2D eigenvalue weighted by molar-refractivity contribution is 5.88. The number of hydrogen-bond donors (Lipinski definition) is 1. The lowest BCUT2D eigenvalue weighted by molar-refractivity contribution is -0.889. The summed E-state index contributed by atoms with van der Waals surface area (Å²) in [5.41, 5.74) is 3.99. The SMILES string of the molecule is [C-]#[N+]\C(C#N)=C(/C(C#N)=C/C=C1\Oc2ccc(-c3ccccc3)cc2N1CCC[N+](C)(C)CCNC(C)=O)c1ccc(C#N)cc1. The number of benzene rings is 3. The number of quaternary nitrogens is 1. The molecule has 0 aliphatic carbocycles. The first-order valence-electron chi connectivity index (χ1n) is 14.8. The van der Waals surface area contributed by atoms with Crippen molar-refractivity contribution >= 4 is 17.2 Å². The molecule has 0 spiro atoms. The van der Waals surface area contributed by atoms with E-state index in [0.29, 0.717) is 35.8 Å². The monoisotopic (exact) mass is 608 g/mol. The fourth-order valence-electron chi connectivity index (χ4n) is 5.17. The van der Waals surface area contributed by atoms with E-state index >= 15 is 0 Å². The van der Waals surface area contributed by atoms with E-state index in [1.54, 1.807) is 36.4 Å². The number of nitriles is 3. The third-order valence-corrected chi connectivity index (χ3v) is 7.61. The zero-order valence-corrected chi connectivity index (χ0v) is 26.1. The minimum Gasteiger partial charge on any atom is -0.439 e. The predicted octanol–water partition coefficient (Wildman–Crippen LogP) is 6.17. The van der Waals surface area contributed by atoms with Crippen LogP contribution < -0.4 is 15.0 Å². The fourth-order valence-corrected chi connectivity index (χ4v) is 5.17. The number of carbonyl (C=O) groups is 1. The zero-order chi connectivity index (χ0) is 33.1. The molecule has 0 saturated carbocycles. The molecule has 3 aromatic carbocycles. The van der Waals surface area contributed by atoms with E-state index in [9.17, 15) is 20.6 Å². The Bertz CT molecular complexity index is 1840. The molecule has 0 atom stereocenters. The molecule has 0 radical (unpaired) electrons. The Hall–Kier alpha value is -6.13. The van der Waals surface area contributed by atoms with Gasteiger partial charge in [-0.15, -0.1) is 0 Å². The van der Waals surface area contributed by atoms with Crippen LogP contribution in [0.5, 0.6) is 5.75 Å². The van der Waals surface area contributed by atoms with Gasteiger partial charge in [-0.25, -0.2) is 10.1 Å². The second-order valence-electron chi connectivity index (χ2n) is 11.4. The molecular formula is C37H34N7O2+. The Labute approximate surface area is 270 Å². The number of amides is 1. The molecule has 4 rings (SSSR count). The molecule has 0 unspecified atom stereocenters. The predicted molar refractivity (Wildman–Crippen MR) is 177 cm³/mol. The van der Waals surface area contributed by atoms with Gasteiger partial charge >= 0.3 is 0 Å². The van der Waals surface area contributed by atoms with Crippen molar-refractivity contribution in [3.8, 4) is 35.1 Å². The lowest BCUT2D eigenvalue weighted by Crippen LogP contribution is -2.46. The van der Waals surface area contributed by atoms with Gasteiger partial charge in [0.1, 0.15) is 0 Å². The second kappa shape index (κ2) is 15.0. The summed E-state index contributed by atoms with van der Waals surface area (Å²) in [6.45, 7) is 11.9. The van der Waals surface area contributed by atoms with Crippen LogP contribution in [-0.2, 0) is 4.79 Å². The number of anilines is 1. The molecule has 0 aromatic heterocycles. The first kappa shape index (κ1) is 32.8. The molecule has 9 heteroatoms. The third kappa shape index (κ3) is 8.07. The first-order valence-corrected chi connectivity index (χ1v) is 14.8. The Kier molecular flexibility index (Phi) is 10.7. The lowest BCUT2D eigenvalue weighted by Gasteiger charge is -2.30. The van der Waals surface area contributed by atoms with E-state index < -0.39 is 0 Å². The minimum atomic E-state index is -0.227. The number of rotatable bonds is 11. The normalized spacial score (nSPS) is 13.8. The molecule has 0 saturated heterocycles. The molecule has 1 heterocycles. The van der Waals surface area contributed by atoms with Gasteiger partial charge in [-0.1, -0.05) is 48.5 Å². The Balaban J connectivity index is 1.70. The molecule has 46 heavy (non-hydrogen) atoms. The van der Waals surface area contributed by atoms with Crippen LogP contribution >= 0.6 is 0 Å². The van der Waals surface area contributed by atoms with Gasteiger partial charge in [-0.2, -0.15) is 10.5 Å². The number of likely N-dealkylation sites (N-methyl/N-ethyl adjacent to an activating group) is 1. The molecule has 0 bridgehead atoms. The summed E-state index contributed by atoms with van der Waals surface area (Å²) in [5.74, 6) is 1.14. The lowest BCUT2D eigenvalue weighted by atomic mass is 9.95. The summed E-state index contributed by atoms with van der Waals surface area (Å²) >= 11 is 0. The molecule has 1 aliphatic heterocycles. The summed E-state index contributed by atoms with van der Waals surface area (Å²) in [5, 5.41) is 32.0. The van der Waals surface area contributed by atoms with E-state index in [0.717, 1.165) is 40.8 Å². The standard InChI is InChI=1S/C37H33N7O2/c1-27(45)42-19-22-44(3,4)21-8-20-43-34-23-31(29-9-6-5-7-10-29)15-17-35(34)46-36(43)18-16-32(25-39)37(33(26-40)41-2)30-13-11-28(24-38)12-14-30/h5-7,9-18,23H,8,19-22H2,1,3-4H3/p+1/b32-16+,36-18-,37-33-. The smallest absolute Gasteiger partial charge is 0.270 e. The summed E-state index contributed by atoms with van der Waals surface area (Å²) in [4.78, 5) is 16.8. The number of carbonyl (C=O) groups excluding carboxylic acids is 1. The van der Waals surface area contributed by atoms with Crippen LogP contribution in [0.15, 0.2) is 102 Å². The van der Waals surface area contributed by atoms with Crippen LogP contribution in [0.1, 0.15) is 24.5 Å². The van der Waals surface area contributed by atoms with Gasteiger partial charge in [0.05, 0.1) is 75.3 Å². The summed E-state index contributed by atoms with van der Waals surface area (Å²) in [7, 11) is 4.26. The van der Waals surface area contributed by atoms with E-state index in [1.165, 1.54) is 6.92 Å². The van der Waals surface area contributed by atoms with Crippen LogP contribution in [0.25, 0.3) is 21.5 Å². The molecule has 3 aromatic rings. The molecule has 1 aliphatic rings. The number of nitrogens with one attached hydrogen (secondary N) is 1. The van der Waals surface area contributed by atoms with E-state index in [4.69, 9.17) is 11.3 Å². The maximum atomic E-state index is 11.3. The number of hydrogen-bond acceptors (Lipinski definition) is 6. The van der Waals surface area contributed by atoms with Crippen molar-refractivity contribution in [2.24, 2.45) is 0 Å². The molecule has 1 amide bonds. The van der Waals surface area contributed by atoms with Crippen molar-refractivity contribution in [3.05, 3.63) is 125 Å². The van der Waals surface area contributed by atoms with Gasteiger partial charge in [-0.05, 0) is 47.0 Å². The summed E-state index contributed by atoms with van der Waals surface area (Å²) in [6.07, 6.45) is 4.07. The van der Waals surface area contributed by atoms with Gasteiger partial charge in [-0.3, -0.25) is 4.79 Å². The highest BCUT2D eigenvalue weighted by atomic mass is 16.5. The van der Waals surface area contributed by atoms with Crippen molar-refractivity contribution in [1.29, 1.82) is 15.8 Å². The minimum absolute atomic E-state index is 0.0462. The van der Waals surface area contributed by atoms with Crippen molar-refractivity contribution in [1.82, 2.24) is 5.32 Å². The molecular weight excluding hydrogens is 574 g/mol. The third-order valence-electron chi connectivity index (χ3n) is 7.61. The highest BCUT2D eigenvalue weighted by Gasteiger charge is 2.27. The second-order valence-corrected chi connectivity index (χ2v) is 11.4. The number of ether oxygens (including phenoxy) is 1. The van der Waals surface area contributed by atoms with Crippen LogP contribution in [0.3, 0.4) is 0 Å². The summed E-state index contributed by atoms with van der Waals surface area (Å²) in [6, 6.07) is 28.6. The number of fused-ring (bicyclic) bond motifs is 1. The topological polar surface area (TPSA) is 117 Å². The maximum absolute atomic E-state index is 11.3. The van der Waals surface area contributed by atoms with Crippen LogP contribution in [0.2, 0.25) is 0 Å². The van der Waals surface area contributed by atoms with Gasteiger partial charge in [0.15, 0.2) is 5.75 Å².